The number of halogens is 1. The van der Waals surface area contributed by atoms with Gasteiger partial charge in [0.2, 0.25) is 5.95 Å². The third kappa shape index (κ3) is 2.92. The molecule has 0 saturated carbocycles. The number of nitrogens with one attached hydrogen (secondary N) is 1. The van der Waals surface area contributed by atoms with Gasteiger partial charge in [0.05, 0.1) is 26.3 Å². The van der Waals surface area contributed by atoms with Gasteiger partial charge in [-0.05, 0) is 30.2 Å². The second kappa shape index (κ2) is 6.99. The lowest BCUT2D eigenvalue weighted by atomic mass is 9.92. The van der Waals surface area contributed by atoms with E-state index in [1.54, 1.807) is 20.5 Å². The van der Waals surface area contributed by atoms with Crippen LogP contribution in [0.1, 0.15) is 29.6 Å². The van der Waals surface area contributed by atoms with E-state index in [1.807, 2.05) is 28.9 Å². The van der Waals surface area contributed by atoms with E-state index in [0.717, 1.165) is 28.2 Å². The van der Waals surface area contributed by atoms with Crippen molar-refractivity contribution in [2.24, 2.45) is 0 Å². The van der Waals surface area contributed by atoms with Crippen LogP contribution in [0.5, 0.6) is 11.5 Å². The number of hydrogen-bond donors (Lipinski definition) is 1. The molecule has 4 rings (SSSR count). The van der Waals surface area contributed by atoms with Gasteiger partial charge in [0.25, 0.3) is 0 Å². The lowest BCUT2D eigenvalue weighted by Gasteiger charge is -2.32. The molecule has 1 N–H and O–H groups in total. The Morgan fingerprint density at radius 2 is 2.00 bits per heavy atom. The Kier molecular flexibility index (Phi) is 4.55. The maximum atomic E-state index is 5.66. The van der Waals surface area contributed by atoms with E-state index in [2.05, 4.69) is 49.5 Å². The zero-order valence-electron chi connectivity index (χ0n) is 14.5. The third-order valence-electron chi connectivity index (χ3n) is 4.67. The molecule has 2 atom stereocenters. The Labute approximate surface area is 160 Å². The second-order valence-electron chi connectivity index (χ2n) is 6.11. The molecule has 2 unspecified atom stereocenters. The fraction of sp³-hybridized carbons (Fsp3) is 0.263. The summed E-state index contributed by atoms with van der Waals surface area (Å²) >= 11 is 3.56. The fourth-order valence-electron chi connectivity index (χ4n) is 3.50. The lowest BCUT2D eigenvalue weighted by molar-refractivity contribution is 0.340. The van der Waals surface area contributed by atoms with Crippen LogP contribution in [0, 0.1) is 0 Å². The maximum Gasteiger partial charge on any atom is 0.222 e. The van der Waals surface area contributed by atoms with Gasteiger partial charge in [-0.25, -0.2) is 4.68 Å². The molecule has 0 spiro atoms. The fourth-order valence-corrected chi connectivity index (χ4v) is 3.91. The quantitative estimate of drug-likeness (QED) is 0.692. The average Bonchev–Trinajstić information content (AvgIpc) is 3.15. The minimum absolute atomic E-state index is 0.0113. The number of aromatic nitrogens is 3. The summed E-state index contributed by atoms with van der Waals surface area (Å²) < 4.78 is 14.1. The van der Waals surface area contributed by atoms with E-state index in [1.165, 1.54) is 5.56 Å². The van der Waals surface area contributed by atoms with Crippen molar-refractivity contribution in [3.05, 3.63) is 64.4 Å². The molecular formula is C19H19BrN4O2. The van der Waals surface area contributed by atoms with E-state index in [-0.39, 0.29) is 12.1 Å². The molecule has 6 nitrogen and oxygen atoms in total. The number of benzene rings is 2. The molecule has 1 aromatic heterocycles. The predicted octanol–water partition coefficient (Wildman–Crippen LogP) is 4.20. The maximum absolute atomic E-state index is 5.66. The van der Waals surface area contributed by atoms with Crippen LogP contribution in [0.3, 0.4) is 0 Å². The summed E-state index contributed by atoms with van der Waals surface area (Å²) in [5, 5.41) is 7.91. The first-order valence-electron chi connectivity index (χ1n) is 8.33. The molecule has 26 heavy (non-hydrogen) atoms. The van der Waals surface area contributed by atoms with Crippen LogP contribution in [-0.2, 0) is 0 Å². The first kappa shape index (κ1) is 16.9. The Bertz CT molecular complexity index is 927. The van der Waals surface area contributed by atoms with Crippen molar-refractivity contribution in [3.63, 3.8) is 0 Å². The van der Waals surface area contributed by atoms with E-state index in [4.69, 9.17) is 9.47 Å². The standard InChI is InChI=1S/C19H19BrN4O2/c1-25-17-8-4-7-14(18(17)26-2)16-10-15(12-5-3-6-13(20)9-12)23-19-21-11-22-24(16)19/h3-9,11,15-16H,10H2,1-2H3,(H,21,22,23). The summed E-state index contributed by atoms with van der Waals surface area (Å²) in [6.07, 6.45) is 2.39. The number of fused-ring (bicyclic) bond motifs is 1. The van der Waals surface area contributed by atoms with Crippen LogP contribution < -0.4 is 14.8 Å². The first-order valence-corrected chi connectivity index (χ1v) is 9.13. The predicted molar refractivity (Wildman–Crippen MR) is 103 cm³/mol. The molecule has 2 aromatic carbocycles. The van der Waals surface area contributed by atoms with Crippen LogP contribution in [0.4, 0.5) is 5.95 Å². The Hall–Kier alpha value is -2.54. The van der Waals surface area contributed by atoms with Crippen LogP contribution >= 0.6 is 15.9 Å². The zero-order valence-corrected chi connectivity index (χ0v) is 16.1. The summed E-state index contributed by atoms with van der Waals surface area (Å²) in [6, 6.07) is 14.4. The van der Waals surface area contributed by atoms with Gasteiger partial charge < -0.3 is 14.8 Å². The first-order chi connectivity index (χ1) is 12.7. The van der Waals surface area contributed by atoms with E-state index in [0.29, 0.717) is 5.75 Å². The van der Waals surface area contributed by atoms with Crippen molar-refractivity contribution >= 4 is 21.9 Å². The largest absolute Gasteiger partial charge is 0.493 e. The second-order valence-corrected chi connectivity index (χ2v) is 7.03. The van der Waals surface area contributed by atoms with Gasteiger partial charge in [-0.1, -0.05) is 40.2 Å². The number of hydrogen-bond acceptors (Lipinski definition) is 5. The summed E-state index contributed by atoms with van der Waals surface area (Å²) in [5.74, 6) is 2.19. The third-order valence-corrected chi connectivity index (χ3v) is 5.17. The molecule has 134 valence electrons. The minimum atomic E-state index is -0.0113. The molecule has 7 heteroatoms. The van der Waals surface area contributed by atoms with Crippen LogP contribution in [0.25, 0.3) is 0 Å². The number of ether oxygens (including phenoxy) is 2. The molecule has 3 aromatic rings. The Balaban J connectivity index is 1.79. The highest BCUT2D eigenvalue weighted by atomic mass is 79.9. The highest BCUT2D eigenvalue weighted by Crippen LogP contribution is 2.43. The topological polar surface area (TPSA) is 61.2 Å². The number of nitrogens with zero attached hydrogens (tertiary/aromatic N) is 3. The van der Waals surface area contributed by atoms with Crippen molar-refractivity contribution in [1.29, 1.82) is 0 Å². The van der Waals surface area contributed by atoms with E-state index < -0.39 is 0 Å². The lowest BCUT2D eigenvalue weighted by Crippen LogP contribution is -2.28. The Morgan fingerprint density at radius 3 is 2.77 bits per heavy atom. The zero-order chi connectivity index (χ0) is 18.1. The van der Waals surface area contributed by atoms with Crippen LogP contribution in [-0.4, -0.2) is 29.0 Å². The van der Waals surface area contributed by atoms with Gasteiger partial charge in [-0.2, -0.15) is 10.1 Å². The Morgan fingerprint density at radius 1 is 1.15 bits per heavy atom. The number of para-hydroxylation sites is 1. The highest BCUT2D eigenvalue weighted by molar-refractivity contribution is 9.10. The van der Waals surface area contributed by atoms with E-state index >= 15 is 0 Å². The van der Waals surface area contributed by atoms with Crippen molar-refractivity contribution in [3.8, 4) is 11.5 Å². The SMILES string of the molecule is COc1cccc(C2CC(c3cccc(Br)c3)Nc3ncnn32)c1OC. The average molecular weight is 415 g/mol. The number of methoxy groups -OCH3 is 2. The molecule has 0 bridgehead atoms. The van der Waals surface area contributed by atoms with Crippen molar-refractivity contribution in [2.75, 3.05) is 19.5 Å². The van der Waals surface area contributed by atoms with E-state index in [9.17, 15) is 0 Å². The van der Waals surface area contributed by atoms with Crippen LogP contribution in [0.15, 0.2) is 53.3 Å². The molecule has 0 fully saturated rings. The van der Waals surface area contributed by atoms with Crippen molar-refractivity contribution in [1.82, 2.24) is 14.8 Å². The van der Waals surface area contributed by atoms with Gasteiger partial charge in [-0.3, -0.25) is 0 Å². The summed E-state index contributed by atoms with van der Waals surface area (Å²) in [4.78, 5) is 4.39. The minimum Gasteiger partial charge on any atom is -0.493 e. The van der Waals surface area contributed by atoms with Gasteiger partial charge >= 0.3 is 0 Å². The molecule has 0 saturated heterocycles. The normalized spacial score (nSPS) is 18.7. The molecule has 0 amide bonds. The monoisotopic (exact) mass is 414 g/mol. The molecule has 1 aliphatic rings. The smallest absolute Gasteiger partial charge is 0.222 e. The number of anilines is 1. The molecule has 0 aliphatic carbocycles. The molecule has 1 aliphatic heterocycles. The summed E-state index contributed by atoms with van der Waals surface area (Å²) in [6.45, 7) is 0. The molecule has 0 radical (unpaired) electrons. The summed E-state index contributed by atoms with van der Waals surface area (Å²) in [7, 11) is 3.31. The van der Waals surface area contributed by atoms with Crippen molar-refractivity contribution < 1.29 is 9.47 Å². The van der Waals surface area contributed by atoms with Gasteiger partial charge in [0.1, 0.15) is 6.33 Å². The summed E-state index contributed by atoms with van der Waals surface area (Å²) in [5.41, 5.74) is 2.22. The number of rotatable bonds is 4. The van der Waals surface area contributed by atoms with Crippen LogP contribution in [0.2, 0.25) is 0 Å². The molecule has 2 heterocycles. The van der Waals surface area contributed by atoms with Gasteiger partial charge in [0, 0.05) is 10.0 Å². The van der Waals surface area contributed by atoms with Gasteiger partial charge in [-0.15, -0.1) is 0 Å². The van der Waals surface area contributed by atoms with Gasteiger partial charge in [0.15, 0.2) is 11.5 Å². The van der Waals surface area contributed by atoms with Crippen molar-refractivity contribution in [2.45, 2.75) is 18.5 Å². The highest BCUT2D eigenvalue weighted by Gasteiger charge is 2.32. The molecular weight excluding hydrogens is 396 g/mol.